The average molecular weight is 285 g/mol. The van der Waals surface area contributed by atoms with Crippen molar-refractivity contribution >= 4 is 17.8 Å². The minimum absolute atomic E-state index is 0.0744. The molecule has 2 rings (SSSR count). The van der Waals surface area contributed by atoms with Crippen LogP contribution in [0.25, 0.3) is 5.65 Å². The van der Waals surface area contributed by atoms with Crippen LogP contribution in [0.3, 0.4) is 0 Å². The molecular weight excluding hydrogens is 271 g/mol. The van der Waals surface area contributed by atoms with E-state index in [9.17, 15) is 18.0 Å². The van der Waals surface area contributed by atoms with Crippen LogP contribution in [0.2, 0.25) is 0 Å². The Morgan fingerprint density at radius 1 is 1.40 bits per heavy atom. The fourth-order valence-electron chi connectivity index (χ4n) is 2.09. The van der Waals surface area contributed by atoms with Gasteiger partial charge in [-0.25, -0.2) is 4.98 Å². The molecule has 0 spiro atoms. The van der Waals surface area contributed by atoms with E-state index < -0.39 is 12.7 Å². The van der Waals surface area contributed by atoms with Gasteiger partial charge in [-0.2, -0.15) is 13.2 Å². The van der Waals surface area contributed by atoms with Gasteiger partial charge in [-0.15, -0.1) is 0 Å². The molecule has 0 aliphatic carbocycles. The van der Waals surface area contributed by atoms with Crippen LogP contribution < -0.4 is 4.90 Å². The summed E-state index contributed by atoms with van der Waals surface area (Å²) in [4.78, 5) is 16.4. The zero-order chi connectivity index (χ0) is 14.8. The molecule has 0 unspecified atom stereocenters. The number of nitrogens with zero attached hydrogens (tertiary/aromatic N) is 3. The largest absolute Gasteiger partial charge is 0.405 e. The number of hydrogen-bond acceptors (Lipinski definition) is 3. The highest BCUT2D eigenvalue weighted by atomic mass is 19.4. The summed E-state index contributed by atoms with van der Waals surface area (Å²) in [5.74, 6) is 0.0744. The summed E-state index contributed by atoms with van der Waals surface area (Å²) in [6.07, 6.45) is -1.67. The molecule has 108 valence electrons. The van der Waals surface area contributed by atoms with E-state index in [0.717, 1.165) is 4.90 Å². The third-order valence-corrected chi connectivity index (χ3v) is 2.82. The van der Waals surface area contributed by atoms with Gasteiger partial charge in [0.05, 0.1) is 0 Å². The van der Waals surface area contributed by atoms with Crippen molar-refractivity contribution in [2.24, 2.45) is 0 Å². The number of imidazole rings is 1. The van der Waals surface area contributed by atoms with Gasteiger partial charge in [0.2, 0.25) is 0 Å². The Balaban J connectivity index is 2.49. The molecule has 4 nitrogen and oxygen atoms in total. The topological polar surface area (TPSA) is 37.6 Å². The summed E-state index contributed by atoms with van der Waals surface area (Å²) >= 11 is 0. The van der Waals surface area contributed by atoms with Gasteiger partial charge >= 0.3 is 6.18 Å². The highest BCUT2D eigenvalue weighted by Crippen LogP contribution is 2.25. The van der Waals surface area contributed by atoms with Crippen molar-refractivity contribution in [3.63, 3.8) is 0 Å². The second kappa shape index (κ2) is 5.52. The van der Waals surface area contributed by atoms with Crippen molar-refractivity contribution < 1.29 is 18.0 Å². The number of carbonyl (C=O) groups is 1. The minimum Gasteiger partial charge on any atom is -0.346 e. The number of hydrogen-bond donors (Lipinski definition) is 0. The van der Waals surface area contributed by atoms with Crippen molar-refractivity contribution in [1.82, 2.24) is 9.38 Å². The molecule has 7 heteroatoms. The number of halogens is 3. The number of aldehydes is 1. The van der Waals surface area contributed by atoms with Crippen LogP contribution in [0.5, 0.6) is 0 Å². The number of pyridine rings is 1. The molecule has 0 atom stereocenters. The summed E-state index contributed by atoms with van der Waals surface area (Å²) < 4.78 is 39.4. The summed E-state index contributed by atoms with van der Waals surface area (Å²) in [6.45, 7) is 0.843. The van der Waals surface area contributed by atoms with Crippen LogP contribution in [0, 0.1) is 0 Å². The van der Waals surface area contributed by atoms with Crippen molar-refractivity contribution in [2.75, 3.05) is 18.0 Å². The van der Waals surface area contributed by atoms with Crippen LogP contribution in [0.4, 0.5) is 19.0 Å². The molecule has 0 radical (unpaired) electrons. The lowest BCUT2D eigenvalue weighted by atomic mass is 10.3. The third-order valence-electron chi connectivity index (χ3n) is 2.82. The zero-order valence-corrected chi connectivity index (χ0v) is 10.9. The molecule has 0 amide bonds. The number of rotatable bonds is 5. The van der Waals surface area contributed by atoms with Gasteiger partial charge in [-0.1, -0.05) is 13.0 Å². The Kier molecular flexibility index (Phi) is 3.96. The maximum Gasteiger partial charge on any atom is 0.405 e. The maximum atomic E-state index is 12.6. The van der Waals surface area contributed by atoms with Gasteiger partial charge in [0.25, 0.3) is 0 Å². The lowest BCUT2D eigenvalue weighted by Gasteiger charge is -2.23. The van der Waals surface area contributed by atoms with E-state index in [4.69, 9.17) is 0 Å². The van der Waals surface area contributed by atoms with Crippen molar-refractivity contribution in [3.05, 3.63) is 30.1 Å². The van der Waals surface area contributed by atoms with Gasteiger partial charge in [-0.05, 0) is 18.6 Å². The van der Waals surface area contributed by atoms with Crippen LogP contribution in [-0.4, -0.2) is 34.9 Å². The number of fused-ring (bicyclic) bond motifs is 1. The second-order valence-corrected chi connectivity index (χ2v) is 4.40. The monoisotopic (exact) mass is 285 g/mol. The van der Waals surface area contributed by atoms with Crippen LogP contribution in [-0.2, 0) is 0 Å². The van der Waals surface area contributed by atoms with Crippen molar-refractivity contribution in [3.8, 4) is 0 Å². The lowest BCUT2D eigenvalue weighted by molar-refractivity contribution is -0.119. The fraction of sp³-hybridized carbons (Fsp3) is 0.385. The molecule has 0 aromatic carbocycles. The number of alkyl halides is 3. The minimum atomic E-state index is -4.34. The molecule has 2 aromatic rings. The number of carbonyl (C=O) groups excluding carboxylic acids is 1. The molecule has 20 heavy (non-hydrogen) atoms. The third kappa shape index (κ3) is 2.92. The molecule has 0 aliphatic heterocycles. The van der Waals surface area contributed by atoms with E-state index in [1.807, 2.05) is 0 Å². The van der Waals surface area contributed by atoms with E-state index in [1.54, 1.807) is 31.3 Å². The van der Waals surface area contributed by atoms with E-state index in [2.05, 4.69) is 4.98 Å². The second-order valence-electron chi connectivity index (χ2n) is 4.40. The standard InChI is InChI=1S/C13H14F3N3O/c1-2-6-18(9-13(14,15)16)12-10(8-20)19-7-4-3-5-11(19)17-12/h3-5,7-8H,2,6,9H2,1H3. The summed E-state index contributed by atoms with van der Waals surface area (Å²) in [5.41, 5.74) is 0.589. The molecular formula is C13H14F3N3O. The Morgan fingerprint density at radius 3 is 2.75 bits per heavy atom. The molecule has 0 N–H and O–H groups in total. The first-order chi connectivity index (χ1) is 9.46. The lowest BCUT2D eigenvalue weighted by Crippen LogP contribution is -2.35. The first-order valence-corrected chi connectivity index (χ1v) is 6.20. The van der Waals surface area contributed by atoms with Crippen LogP contribution >= 0.6 is 0 Å². The summed E-state index contributed by atoms with van der Waals surface area (Å²) in [6, 6.07) is 5.06. The number of aromatic nitrogens is 2. The Labute approximate surface area is 113 Å². The predicted molar refractivity (Wildman–Crippen MR) is 69.1 cm³/mol. The van der Waals surface area contributed by atoms with Gasteiger partial charge in [0.1, 0.15) is 17.9 Å². The maximum absolute atomic E-state index is 12.6. The average Bonchev–Trinajstić information content (AvgIpc) is 2.75. The molecule has 2 aromatic heterocycles. The van der Waals surface area contributed by atoms with Crippen LogP contribution in [0.15, 0.2) is 24.4 Å². The molecule has 0 saturated heterocycles. The molecule has 2 heterocycles. The van der Waals surface area contributed by atoms with E-state index >= 15 is 0 Å². The Morgan fingerprint density at radius 2 is 2.15 bits per heavy atom. The predicted octanol–water partition coefficient (Wildman–Crippen LogP) is 2.93. The van der Waals surface area contributed by atoms with E-state index in [-0.39, 0.29) is 18.1 Å². The SMILES string of the molecule is CCCN(CC(F)(F)F)c1nc2ccccn2c1C=O. The quantitative estimate of drug-likeness (QED) is 0.793. The Hall–Kier alpha value is -2.05. The first-order valence-electron chi connectivity index (χ1n) is 6.20. The summed E-state index contributed by atoms with van der Waals surface area (Å²) in [7, 11) is 0. The first kappa shape index (κ1) is 14.4. The Bertz CT molecular complexity index is 606. The van der Waals surface area contributed by atoms with Gasteiger partial charge in [-0.3, -0.25) is 9.20 Å². The van der Waals surface area contributed by atoms with Crippen LogP contribution in [0.1, 0.15) is 23.8 Å². The van der Waals surface area contributed by atoms with Gasteiger partial charge in [0, 0.05) is 12.7 Å². The molecule has 0 aliphatic rings. The fourth-order valence-corrected chi connectivity index (χ4v) is 2.09. The van der Waals surface area contributed by atoms with E-state index in [0.29, 0.717) is 18.4 Å². The molecule has 0 fully saturated rings. The van der Waals surface area contributed by atoms with Gasteiger partial charge < -0.3 is 4.90 Å². The normalized spacial score (nSPS) is 11.8. The highest BCUT2D eigenvalue weighted by molar-refractivity contribution is 5.83. The van der Waals surface area contributed by atoms with Crippen molar-refractivity contribution in [1.29, 1.82) is 0 Å². The summed E-state index contributed by atoms with van der Waals surface area (Å²) in [5, 5.41) is 0. The molecule has 0 saturated carbocycles. The highest BCUT2D eigenvalue weighted by Gasteiger charge is 2.32. The van der Waals surface area contributed by atoms with Gasteiger partial charge in [0.15, 0.2) is 12.1 Å². The van der Waals surface area contributed by atoms with E-state index in [1.165, 1.54) is 4.40 Å². The zero-order valence-electron chi connectivity index (χ0n) is 10.9. The molecule has 0 bridgehead atoms. The number of anilines is 1. The van der Waals surface area contributed by atoms with Crippen molar-refractivity contribution in [2.45, 2.75) is 19.5 Å². The smallest absolute Gasteiger partial charge is 0.346 e.